The summed E-state index contributed by atoms with van der Waals surface area (Å²) in [5.41, 5.74) is 6.18. The molecule has 1 aliphatic heterocycles. The fourth-order valence-electron chi connectivity index (χ4n) is 2.46. The van der Waals surface area contributed by atoms with Gasteiger partial charge in [0.1, 0.15) is 5.82 Å². The van der Waals surface area contributed by atoms with Crippen molar-refractivity contribution in [3.05, 3.63) is 23.5 Å². The van der Waals surface area contributed by atoms with Gasteiger partial charge in [0.2, 0.25) is 0 Å². The molecule has 0 bridgehead atoms. The Hall–Kier alpha value is -1.82. The van der Waals surface area contributed by atoms with Gasteiger partial charge in [0.25, 0.3) is 0 Å². The number of ether oxygens (including phenoxy) is 1. The van der Waals surface area contributed by atoms with Gasteiger partial charge in [-0.25, -0.2) is 9.18 Å². The molecule has 0 radical (unpaired) electrons. The second-order valence-electron chi connectivity index (χ2n) is 5.21. The van der Waals surface area contributed by atoms with E-state index in [-0.39, 0.29) is 16.9 Å². The number of carbonyl (C=O) groups is 1. The molecular weight excluding hydrogens is 261 g/mol. The van der Waals surface area contributed by atoms with Crippen molar-refractivity contribution in [3.8, 4) is 0 Å². The van der Waals surface area contributed by atoms with Crippen molar-refractivity contribution in [2.45, 2.75) is 6.42 Å². The van der Waals surface area contributed by atoms with Gasteiger partial charge >= 0.3 is 5.97 Å². The minimum absolute atomic E-state index is 0.0838. The highest BCUT2D eigenvalue weighted by molar-refractivity contribution is 5.96. The summed E-state index contributed by atoms with van der Waals surface area (Å²) in [6.45, 7) is 2.73. The Bertz CT molecular complexity index is 507. The molecule has 20 heavy (non-hydrogen) atoms. The number of halogens is 1. The minimum Gasteiger partial charge on any atom is -0.465 e. The first-order valence-electron chi connectivity index (χ1n) is 6.61. The van der Waals surface area contributed by atoms with Crippen molar-refractivity contribution < 1.29 is 13.9 Å². The van der Waals surface area contributed by atoms with Crippen molar-refractivity contribution in [1.82, 2.24) is 4.90 Å². The number of carbonyl (C=O) groups excluding carboxylic acids is 1. The first kappa shape index (κ1) is 14.6. The lowest BCUT2D eigenvalue weighted by molar-refractivity contribution is 0.0602. The molecule has 5 nitrogen and oxygen atoms in total. The van der Waals surface area contributed by atoms with Crippen LogP contribution in [0.1, 0.15) is 16.8 Å². The zero-order valence-corrected chi connectivity index (χ0v) is 11.8. The van der Waals surface area contributed by atoms with Gasteiger partial charge in [-0.1, -0.05) is 0 Å². The first-order valence-corrected chi connectivity index (χ1v) is 6.61. The Morgan fingerprint density at radius 2 is 2.35 bits per heavy atom. The van der Waals surface area contributed by atoms with Crippen molar-refractivity contribution in [1.29, 1.82) is 0 Å². The third-order valence-electron chi connectivity index (χ3n) is 3.61. The number of rotatable bonds is 4. The van der Waals surface area contributed by atoms with Crippen LogP contribution in [-0.2, 0) is 4.74 Å². The maximum absolute atomic E-state index is 13.8. The van der Waals surface area contributed by atoms with E-state index in [1.54, 1.807) is 0 Å². The zero-order valence-electron chi connectivity index (χ0n) is 11.8. The average Bonchev–Trinajstić information content (AvgIpc) is 2.83. The quantitative estimate of drug-likeness (QED) is 0.647. The summed E-state index contributed by atoms with van der Waals surface area (Å²) in [5.74, 6) is -0.536. The van der Waals surface area contributed by atoms with E-state index >= 15 is 0 Å². The van der Waals surface area contributed by atoms with Crippen LogP contribution >= 0.6 is 0 Å². The van der Waals surface area contributed by atoms with E-state index in [9.17, 15) is 9.18 Å². The molecule has 1 aromatic rings. The lowest BCUT2D eigenvalue weighted by Gasteiger charge is -2.14. The SMILES string of the molecule is COC(=O)c1cc(NCC2CCN(C)C2)c(F)cc1N. The number of nitrogen functional groups attached to an aromatic ring is 1. The van der Waals surface area contributed by atoms with Crippen LogP contribution in [-0.4, -0.2) is 44.7 Å². The predicted molar refractivity (Wildman–Crippen MR) is 76.2 cm³/mol. The van der Waals surface area contributed by atoms with Crippen molar-refractivity contribution in [2.24, 2.45) is 5.92 Å². The number of esters is 1. The molecule has 1 heterocycles. The fourth-order valence-corrected chi connectivity index (χ4v) is 2.46. The van der Waals surface area contributed by atoms with Crippen molar-refractivity contribution >= 4 is 17.3 Å². The minimum atomic E-state index is -0.564. The summed E-state index contributed by atoms with van der Waals surface area (Å²) in [6, 6.07) is 2.56. The lowest BCUT2D eigenvalue weighted by Crippen LogP contribution is -2.19. The first-order chi connectivity index (χ1) is 9.51. The van der Waals surface area contributed by atoms with Gasteiger partial charge in [0.05, 0.1) is 18.4 Å². The highest BCUT2D eigenvalue weighted by Crippen LogP contribution is 2.24. The molecule has 1 saturated heterocycles. The largest absolute Gasteiger partial charge is 0.465 e. The van der Waals surface area contributed by atoms with Crippen LogP contribution in [0.4, 0.5) is 15.8 Å². The molecule has 1 aliphatic rings. The normalized spacial score (nSPS) is 19.1. The molecule has 1 fully saturated rings. The fraction of sp³-hybridized carbons (Fsp3) is 0.500. The van der Waals surface area contributed by atoms with Crippen LogP contribution in [0, 0.1) is 11.7 Å². The van der Waals surface area contributed by atoms with Crippen LogP contribution in [0.2, 0.25) is 0 Å². The number of methoxy groups -OCH3 is 1. The van der Waals surface area contributed by atoms with Gasteiger partial charge in [-0.05, 0) is 38.1 Å². The molecule has 0 spiro atoms. The molecular formula is C14H20FN3O2. The van der Waals surface area contributed by atoms with Crippen LogP contribution in [0.5, 0.6) is 0 Å². The molecule has 0 amide bonds. The highest BCUT2D eigenvalue weighted by Gasteiger charge is 2.20. The van der Waals surface area contributed by atoms with Crippen LogP contribution in [0.15, 0.2) is 12.1 Å². The summed E-state index contributed by atoms with van der Waals surface area (Å²) in [4.78, 5) is 13.8. The maximum Gasteiger partial charge on any atom is 0.340 e. The Labute approximate surface area is 117 Å². The highest BCUT2D eigenvalue weighted by atomic mass is 19.1. The van der Waals surface area contributed by atoms with E-state index in [1.165, 1.54) is 13.2 Å². The van der Waals surface area contributed by atoms with E-state index < -0.39 is 11.8 Å². The number of benzene rings is 1. The number of nitrogens with one attached hydrogen (secondary N) is 1. The summed E-state index contributed by atoms with van der Waals surface area (Å²) in [6.07, 6.45) is 1.09. The molecule has 110 valence electrons. The van der Waals surface area contributed by atoms with E-state index in [1.807, 2.05) is 0 Å². The number of nitrogens with two attached hydrogens (primary N) is 1. The predicted octanol–water partition coefficient (Wildman–Crippen LogP) is 1.56. The summed E-state index contributed by atoms with van der Waals surface area (Å²) < 4.78 is 18.5. The number of nitrogens with zero attached hydrogens (tertiary/aromatic N) is 1. The Balaban J connectivity index is 2.09. The number of likely N-dealkylation sites (tertiary alicyclic amines) is 1. The van der Waals surface area contributed by atoms with E-state index in [2.05, 4.69) is 22.0 Å². The van der Waals surface area contributed by atoms with E-state index in [0.717, 1.165) is 25.6 Å². The van der Waals surface area contributed by atoms with Crippen LogP contribution < -0.4 is 11.1 Å². The molecule has 0 aliphatic carbocycles. The average molecular weight is 281 g/mol. The molecule has 3 N–H and O–H groups in total. The maximum atomic E-state index is 13.8. The zero-order chi connectivity index (χ0) is 14.7. The third kappa shape index (κ3) is 3.19. The second-order valence-corrected chi connectivity index (χ2v) is 5.21. The van der Waals surface area contributed by atoms with Gasteiger partial charge in [-0.3, -0.25) is 0 Å². The third-order valence-corrected chi connectivity index (χ3v) is 3.61. The summed E-state index contributed by atoms with van der Waals surface area (Å²) in [7, 11) is 3.34. The number of anilines is 2. The molecule has 1 aromatic carbocycles. The second kappa shape index (κ2) is 6.09. The van der Waals surface area contributed by atoms with Gasteiger partial charge in [0, 0.05) is 18.8 Å². The molecule has 0 aromatic heterocycles. The lowest BCUT2D eigenvalue weighted by atomic mass is 10.1. The number of hydrogen-bond acceptors (Lipinski definition) is 5. The van der Waals surface area contributed by atoms with E-state index in [4.69, 9.17) is 5.73 Å². The van der Waals surface area contributed by atoms with Crippen molar-refractivity contribution in [2.75, 3.05) is 44.8 Å². The summed E-state index contributed by atoms with van der Waals surface area (Å²) >= 11 is 0. The smallest absolute Gasteiger partial charge is 0.340 e. The van der Waals surface area contributed by atoms with Crippen LogP contribution in [0.3, 0.4) is 0 Å². The standard InChI is InChI=1S/C14H20FN3O2/c1-18-4-3-9(8-18)7-17-13-5-10(14(19)20-2)12(16)6-11(13)15/h5-6,9,17H,3-4,7-8,16H2,1-2H3. The van der Waals surface area contributed by atoms with Gasteiger partial charge in [-0.2, -0.15) is 0 Å². The molecule has 1 atom stereocenters. The molecule has 6 heteroatoms. The van der Waals surface area contributed by atoms with E-state index in [0.29, 0.717) is 12.5 Å². The van der Waals surface area contributed by atoms with Crippen LogP contribution in [0.25, 0.3) is 0 Å². The number of hydrogen-bond donors (Lipinski definition) is 2. The summed E-state index contributed by atoms with van der Waals surface area (Å²) in [5, 5.41) is 3.06. The van der Waals surface area contributed by atoms with Gasteiger partial charge < -0.3 is 20.7 Å². The van der Waals surface area contributed by atoms with Crippen molar-refractivity contribution in [3.63, 3.8) is 0 Å². The monoisotopic (exact) mass is 281 g/mol. The Kier molecular flexibility index (Phi) is 4.44. The molecule has 2 rings (SSSR count). The topological polar surface area (TPSA) is 67.6 Å². The Morgan fingerprint density at radius 3 is 2.95 bits per heavy atom. The van der Waals surface area contributed by atoms with Gasteiger partial charge in [0.15, 0.2) is 0 Å². The van der Waals surface area contributed by atoms with Gasteiger partial charge in [-0.15, -0.1) is 0 Å². The Morgan fingerprint density at radius 1 is 1.60 bits per heavy atom. The molecule has 0 saturated carbocycles. The molecule has 1 unspecified atom stereocenters.